The van der Waals surface area contributed by atoms with E-state index in [1.165, 1.54) is 4.88 Å². The average molecular weight is 328 g/mol. The smallest absolute Gasteiger partial charge is 0.253 e. The van der Waals surface area contributed by atoms with E-state index in [0.29, 0.717) is 0 Å². The number of carbonyl (C=O) groups is 1. The minimum atomic E-state index is -0.215. The Kier molecular flexibility index (Phi) is 4.36. The van der Waals surface area contributed by atoms with Crippen LogP contribution in [-0.4, -0.2) is 10.9 Å². The number of benzene rings is 1. The number of rotatable bonds is 4. The summed E-state index contributed by atoms with van der Waals surface area (Å²) in [5.41, 5.74) is 2.84. The summed E-state index contributed by atoms with van der Waals surface area (Å²) in [6.45, 7) is 4.02. The molecule has 0 saturated heterocycles. The lowest BCUT2D eigenvalue weighted by atomic mass is 10.1. The molecule has 1 N–H and O–H groups in total. The van der Waals surface area contributed by atoms with Crippen molar-refractivity contribution in [2.24, 2.45) is 0 Å². The van der Waals surface area contributed by atoms with E-state index >= 15 is 0 Å². The van der Waals surface area contributed by atoms with E-state index in [1.54, 1.807) is 28.9 Å². The second-order valence-corrected chi connectivity index (χ2v) is 7.03. The van der Waals surface area contributed by atoms with Crippen LogP contribution in [0.4, 0.5) is 0 Å². The number of aryl methyl sites for hydroxylation is 1. The zero-order valence-corrected chi connectivity index (χ0v) is 14.0. The van der Waals surface area contributed by atoms with Gasteiger partial charge in [0, 0.05) is 21.8 Å². The highest BCUT2D eigenvalue weighted by Crippen LogP contribution is 2.26. The first-order valence-electron chi connectivity index (χ1n) is 6.96. The molecule has 0 unspecified atom stereocenters. The van der Waals surface area contributed by atoms with E-state index in [0.717, 1.165) is 21.7 Å². The summed E-state index contributed by atoms with van der Waals surface area (Å²) in [5.74, 6) is -0.0501. The van der Waals surface area contributed by atoms with Crippen molar-refractivity contribution >= 4 is 28.6 Å². The maximum absolute atomic E-state index is 12.6. The molecule has 3 aromatic rings. The number of hydrogen-bond donors (Lipinski definition) is 1. The molecule has 5 heteroatoms. The van der Waals surface area contributed by atoms with Crippen LogP contribution in [0.1, 0.15) is 37.4 Å². The zero-order chi connectivity index (χ0) is 15.5. The summed E-state index contributed by atoms with van der Waals surface area (Å²) >= 11 is 3.16. The number of amides is 1. The fraction of sp³-hybridized carbons (Fsp3) is 0.176. The first-order valence-corrected chi connectivity index (χ1v) is 8.72. The van der Waals surface area contributed by atoms with Gasteiger partial charge in [-0.05, 0) is 25.0 Å². The van der Waals surface area contributed by atoms with Gasteiger partial charge in [0.25, 0.3) is 5.91 Å². The van der Waals surface area contributed by atoms with Gasteiger partial charge in [-0.1, -0.05) is 30.3 Å². The van der Waals surface area contributed by atoms with Crippen molar-refractivity contribution in [1.29, 1.82) is 0 Å². The summed E-state index contributed by atoms with van der Waals surface area (Å²) in [7, 11) is 0. The molecule has 3 nitrogen and oxygen atoms in total. The van der Waals surface area contributed by atoms with E-state index < -0.39 is 0 Å². The molecule has 2 heterocycles. The Bertz CT molecular complexity index is 763. The molecule has 0 aliphatic rings. The van der Waals surface area contributed by atoms with Gasteiger partial charge in [-0.15, -0.1) is 22.7 Å². The van der Waals surface area contributed by atoms with E-state index in [9.17, 15) is 4.79 Å². The molecule has 22 heavy (non-hydrogen) atoms. The summed E-state index contributed by atoms with van der Waals surface area (Å²) < 4.78 is 0. The molecule has 1 amide bonds. The Balaban J connectivity index is 1.91. The minimum absolute atomic E-state index is 0.0501. The molecule has 0 spiro atoms. The zero-order valence-electron chi connectivity index (χ0n) is 12.4. The van der Waals surface area contributed by atoms with Crippen LogP contribution < -0.4 is 5.32 Å². The number of aromatic nitrogens is 1. The van der Waals surface area contributed by atoms with E-state index in [-0.39, 0.29) is 11.9 Å². The van der Waals surface area contributed by atoms with Gasteiger partial charge in [-0.2, -0.15) is 0 Å². The van der Waals surface area contributed by atoms with Crippen LogP contribution in [0.3, 0.4) is 0 Å². The topological polar surface area (TPSA) is 42.0 Å². The first kappa shape index (κ1) is 14.9. The summed E-state index contributed by atoms with van der Waals surface area (Å²) in [4.78, 5) is 18.2. The molecular weight excluding hydrogens is 312 g/mol. The van der Waals surface area contributed by atoms with Crippen LogP contribution in [0.5, 0.6) is 0 Å². The summed E-state index contributed by atoms with van der Waals surface area (Å²) in [5, 5.41) is 7.86. The van der Waals surface area contributed by atoms with Crippen molar-refractivity contribution in [2.75, 3.05) is 0 Å². The van der Waals surface area contributed by atoms with Gasteiger partial charge in [0.05, 0.1) is 5.56 Å². The highest BCUT2D eigenvalue weighted by molar-refractivity contribution is 7.10. The lowest BCUT2D eigenvalue weighted by Gasteiger charge is -2.17. The number of nitrogens with zero attached hydrogens (tertiary/aromatic N) is 1. The van der Waals surface area contributed by atoms with Crippen molar-refractivity contribution in [3.8, 4) is 0 Å². The molecule has 2 aromatic heterocycles. The fourth-order valence-electron chi connectivity index (χ4n) is 2.26. The van der Waals surface area contributed by atoms with Crippen molar-refractivity contribution in [3.63, 3.8) is 0 Å². The highest BCUT2D eigenvalue weighted by Gasteiger charge is 2.21. The number of hydrogen-bond acceptors (Lipinski definition) is 4. The quantitative estimate of drug-likeness (QED) is 0.774. The fourth-order valence-corrected chi connectivity index (χ4v) is 3.84. The van der Waals surface area contributed by atoms with E-state index in [1.807, 2.05) is 54.9 Å². The molecule has 0 bridgehead atoms. The Labute approximate surface area is 137 Å². The monoisotopic (exact) mass is 328 g/mol. The Hall–Kier alpha value is -1.98. The number of carbonyl (C=O) groups excluding carboxylic acids is 1. The molecule has 3 rings (SSSR count). The van der Waals surface area contributed by atoms with Crippen LogP contribution >= 0.6 is 22.7 Å². The SMILES string of the molecule is Cc1scc(C(=O)N[C@@H](c2ccccc2)c2nccs2)c1C. The predicted molar refractivity (Wildman–Crippen MR) is 91.7 cm³/mol. The van der Waals surface area contributed by atoms with Gasteiger partial charge in [-0.3, -0.25) is 4.79 Å². The molecule has 1 atom stereocenters. The van der Waals surface area contributed by atoms with Crippen LogP contribution in [0, 0.1) is 13.8 Å². The Morgan fingerprint density at radius 1 is 1.18 bits per heavy atom. The Morgan fingerprint density at radius 2 is 1.95 bits per heavy atom. The van der Waals surface area contributed by atoms with Crippen molar-refractivity contribution < 1.29 is 4.79 Å². The number of thiophene rings is 1. The normalized spacial score (nSPS) is 12.1. The van der Waals surface area contributed by atoms with Crippen LogP contribution in [0.2, 0.25) is 0 Å². The van der Waals surface area contributed by atoms with Gasteiger partial charge in [-0.25, -0.2) is 4.98 Å². The maximum atomic E-state index is 12.6. The minimum Gasteiger partial charge on any atom is -0.339 e. The third kappa shape index (κ3) is 2.96. The van der Waals surface area contributed by atoms with E-state index in [2.05, 4.69) is 10.3 Å². The van der Waals surface area contributed by atoms with Gasteiger partial charge in [0.1, 0.15) is 11.0 Å². The molecular formula is C17H16N2OS2. The lowest BCUT2D eigenvalue weighted by Crippen LogP contribution is -2.29. The van der Waals surface area contributed by atoms with Crippen LogP contribution in [0.15, 0.2) is 47.3 Å². The van der Waals surface area contributed by atoms with Gasteiger partial charge in [0.2, 0.25) is 0 Å². The second kappa shape index (κ2) is 6.42. The van der Waals surface area contributed by atoms with Gasteiger partial charge < -0.3 is 5.32 Å². The predicted octanol–water partition coefficient (Wildman–Crippen LogP) is 4.34. The summed E-state index contributed by atoms with van der Waals surface area (Å²) in [6.07, 6.45) is 1.77. The molecule has 0 aliphatic heterocycles. The van der Waals surface area contributed by atoms with Gasteiger partial charge >= 0.3 is 0 Å². The van der Waals surface area contributed by atoms with E-state index in [4.69, 9.17) is 0 Å². The highest BCUT2D eigenvalue weighted by atomic mass is 32.1. The third-order valence-electron chi connectivity index (χ3n) is 3.64. The van der Waals surface area contributed by atoms with Crippen LogP contribution in [-0.2, 0) is 0 Å². The number of nitrogens with one attached hydrogen (secondary N) is 1. The third-order valence-corrected chi connectivity index (χ3v) is 5.49. The average Bonchev–Trinajstić information content (AvgIpc) is 3.17. The van der Waals surface area contributed by atoms with Crippen molar-refractivity contribution in [1.82, 2.24) is 10.3 Å². The van der Waals surface area contributed by atoms with Crippen molar-refractivity contribution in [2.45, 2.75) is 19.9 Å². The van der Waals surface area contributed by atoms with Crippen LogP contribution in [0.25, 0.3) is 0 Å². The second-order valence-electron chi connectivity index (χ2n) is 5.02. The molecule has 0 fully saturated rings. The van der Waals surface area contributed by atoms with Gasteiger partial charge in [0.15, 0.2) is 0 Å². The number of thiazole rings is 1. The first-order chi connectivity index (χ1) is 10.7. The standard InChI is InChI=1S/C17H16N2OS2/c1-11-12(2)22-10-14(11)16(20)19-15(17-18-8-9-21-17)13-6-4-3-5-7-13/h3-10,15H,1-2H3,(H,19,20)/t15-/m0/s1. The largest absolute Gasteiger partial charge is 0.339 e. The molecule has 0 saturated carbocycles. The summed E-state index contributed by atoms with van der Waals surface area (Å²) in [6, 6.07) is 9.73. The molecule has 0 aliphatic carbocycles. The lowest BCUT2D eigenvalue weighted by molar-refractivity contribution is 0.0942. The molecule has 1 aromatic carbocycles. The molecule has 0 radical (unpaired) electrons. The Morgan fingerprint density at radius 3 is 2.55 bits per heavy atom. The maximum Gasteiger partial charge on any atom is 0.253 e. The molecule has 112 valence electrons. The van der Waals surface area contributed by atoms with Crippen molar-refractivity contribution in [3.05, 3.63) is 73.9 Å².